The lowest BCUT2D eigenvalue weighted by atomic mass is 9.68. The topological polar surface area (TPSA) is 29.5 Å². The Kier molecular flexibility index (Phi) is 3.67. The fourth-order valence-electron chi connectivity index (χ4n) is 3.14. The Labute approximate surface area is 110 Å². The molecular formula is C16H24O2. The van der Waals surface area contributed by atoms with Gasteiger partial charge in [-0.2, -0.15) is 0 Å². The van der Waals surface area contributed by atoms with Crippen molar-refractivity contribution in [1.29, 1.82) is 0 Å². The first-order valence-corrected chi connectivity index (χ1v) is 6.85. The van der Waals surface area contributed by atoms with Gasteiger partial charge in [0.15, 0.2) is 0 Å². The molecule has 0 bridgehead atoms. The monoisotopic (exact) mass is 248 g/mol. The zero-order valence-electron chi connectivity index (χ0n) is 11.9. The third kappa shape index (κ3) is 2.26. The van der Waals surface area contributed by atoms with Crippen LogP contribution in [0.2, 0.25) is 0 Å². The maximum absolute atomic E-state index is 11.1. The molecule has 0 heterocycles. The molecule has 0 amide bonds. The molecule has 1 fully saturated rings. The number of hydrogen-bond donors (Lipinski definition) is 1. The van der Waals surface area contributed by atoms with Gasteiger partial charge in [0.1, 0.15) is 5.75 Å². The van der Waals surface area contributed by atoms with Crippen LogP contribution >= 0.6 is 0 Å². The molecule has 0 aromatic heterocycles. The SMILES string of the molecule is COc1ccc(C)cc1C1(O)CC(C)CCC1C. The van der Waals surface area contributed by atoms with Gasteiger partial charge in [-0.1, -0.05) is 31.9 Å². The van der Waals surface area contributed by atoms with E-state index >= 15 is 0 Å². The Morgan fingerprint density at radius 1 is 1.28 bits per heavy atom. The molecule has 0 radical (unpaired) electrons. The van der Waals surface area contributed by atoms with Crippen molar-refractivity contribution in [3.63, 3.8) is 0 Å². The second-order valence-corrected chi connectivity index (χ2v) is 5.92. The molecule has 3 atom stereocenters. The van der Waals surface area contributed by atoms with Gasteiger partial charge in [-0.3, -0.25) is 0 Å². The lowest BCUT2D eigenvalue weighted by Gasteiger charge is -2.42. The molecule has 0 saturated heterocycles. The van der Waals surface area contributed by atoms with Gasteiger partial charge in [-0.25, -0.2) is 0 Å². The van der Waals surface area contributed by atoms with Crippen LogP contribution in [0.25, 0.3) is 0 Å². The van der Waals surface area contributed by atoms with Crippen molar-refractivity contribution in [2.24, 2.45) is 11.8 Å². The summed E-state index contributed by atoms with van der Waals surface area (Å²) in [4.78, 5) is 0. The van der Waals surface area contributed by atoms with Crippen molar-refractivity contribution < 1.29 is 9.84 Å². The average Bonchev–Trinajstić information content (AvgIpc) is 2.34. The largest absolute Gasteiger partial charge is 0.496 e. The quantitative estimate of drug-likeness (QED) is 0.865. The fourth-order valence-corrected chi connectivity index (χ4v) is 3.14. The Balaban J connectivity index is 2.47. The number of aliphatic hydroxyl groups is 1. The van der Waals surface area contributed by atoms with Gasteiger partial charge in [-0.15, -0.1) is 0 Å². The van der Waals surface area contributed by atoms with Crippen LogP contribution in [0.4, 0.5) is 0 Å². The molecule has 1 saturated carbocycles. The lowest BCUT2D eigenvalue weighted by molar-refractivity contribution is -0.0641. The van der Waals surface area contributed by atoms with E-state index in [1.165, 1.54) is 12.0 Å². The molecule has 100 valence electrons. The molecule has 1 aromatic carbocycles. The first-order valence-electron chi connectivity index (χ1n) is 6.85. The van der Waals surface area contributed by atoms with E-state index in [4.69, 9.17) is 4.74 Å². The number of ether oxygens (including phenoxy) is 1. The van der Waals surface area contributed by atoms with Gasteiger partial charge in [0.2, 0.25) is 0 Å². The second kappa shape index (κ2) is 4.93. The van der Waals surface area contributed by atoms with Gasteiger partial charge in [0.05, 0.1) is 12.7 Å². The normalized spacial score (nSPS) is 32.3. The van der Waals surface area contributed by atoms with Crippen LogP contribution in [0.3, 0.4) is 0 Å². The Bertz CT molecular complexity index is 427. The van der Waals surface area contributed by atoms with Gasteiger partial charge >= 0.3 is 0 Å². The van der Waals surface area contributed by atoms with E-state index in [1.807, 2.05) is 12.1 Å². The summed E-state index contributed by atoms with van der Waals surface area (Å²) in [5, 5.41) is 11.1. The minimum absolute atomic E-state index is 0.282. The summed E-state index contributed by atoms with van der Waals surface area (Å²) in [6, 6.07) is 6.07. The summed E-state index contributed by atoms with van der Waals surface area (Å²) in [7, 11) is 1.68. The van der Waals surface area contributed by atoms with Crippen LogP contribution in [0.5, 0.6) is 5.75 Å². The summed E-state index contributed by atoms with van der Waals surface area (Å²) in [5.74, 6) is 1.66. The summed E-state index contributed by atoms with van der Waals surface area (Å²) in [6.45, 7) is 6.43. The number of rotatable bonds is 2. The van der Waals surface area contributed by atoms with Crippen LogP contribution in [0.1, 0.15) is 44.2 Å². The zero-order valence-corrected chi connectivity index (χ0v) is 11.9. The summed E-state index contributed by atoms with van der Waals surface area (Å²) >= 11 is 0. The maximum atomic E-state index is 11.1. The van der Waals surface area contributed by atoms with E-state index in [9.17, 15) is 5.11 Å². The summed E-state index contributed by atoms with van der Waals surface area (Å²) in [6.07, 6.45) is 3.11. The minimum Gasteiger partial charge on any atom is -0.496 e. The molecule has 0 aliphatic heterocycles. The molecule has 1 aromatic rings. The van der Waals surface area contributed by atoms with Crippen molar-refractivity contribution in [1.82, 2.24) is 0 Å². The molecule has 1 aliphatic carbocycles. The maximum Gasteiger partial charge on any atom is 0.124 e. The first-order chi connectivity index (χ1) is 8.47. The van der Waals surface area contributed by atoms with Crippen LogP contribution < -0.4 is 4.74 Å². The minimum atomic E-state index is -0.741. The molecule has 1 N–H and O–H groups in total. The van der Waals surface area contributed by atoms with Gasteiger partial charge in [0.25, 0.3) is 0 Å². The Morgan fingerprint density at radius 2 is 2.00 bits per heavy atom. The number of hydrogen-bond acceptors (Lipinski definition) is 2. The van der Waals surface area contributed by atoms with Crippen molar-refractivity contribution >= 4 is 0 Å². The highest BCUT2D eigenvalue weighted by Gasteiger charge is 2.42. The standard InChI is InChI=1S/C16H24O2/c1-11-6-8-15(18-4)14(9-11)16(17)10-12(2)5-7-13(16)3/h6,8-9,12-13,17H,5,7,10H2,1-4H3. The summed E-state index contributed by atoms with van der Waals surface area (Å²) < 4.78 is 5.44. The van der Waals surface area contributed by atoms with Gasteiger partial charge in [-0.05, 0) is 43.7 Å². The molecule has 0 spiro atoms. The van der Waals surface area contributed by atoms with E-state index in [0.29, 0.717) is 5.92 Å². The highest BCUT2D eigenvalue weighted by atomic mass is 16.5. The molecule has 18 heavy (non-hydrogen) atoms. The Morgan fingerprint density at radius 3 is 2.67 bits per heavy atom. The van der Waals surface area contributed by atoms with Crippen LogP contribution in [0, 0.1) is 18.8 Å². The summed E-state index contributed by atoms with van der Waals surface area (Å²) in [5.41, 5.74) is 1.39. The van der Waals surface area contributed by atoms with Crippen molar-refractivity contribution in [2.75, 3.05) is 7.11 Å². The molecule has 2 nitrogen and oxygen atoms in total. The fraction of sp³-hybridized carbons (Fsp3) is 0.625. The van der Waals surface area contributed by atoms with Crippen molar-refractivity contribution in [3.05, 3.63) is 29.3 Å². The number of aryl methyl sites for hydroxylation is 1. The molecule has 1 aliphatic rings. The number of benzene rings is 1. The average molecular weight is 248 g/mol. The zero-order chi connectivity index (χ0) is 13.3. The molecule has 2 rings (SSSR count). The van der Waals surface area contributed by atoms with E-state index in [1.54, 1.807) is 7.11 Å². The van der Waals surface area contributed by atoms with Crippen LogP contribution in [-0.4, -0.2) is 12.2 Å². The first kappa shape index (κ1) is 13.4. The van der Waals surface area contributed by atoms with Crippen molar-refractivity contribution in [3.8, 4) is 5.75 Å². The van der Waals surface area contributed by atoms with Crippen LogP contribution in [0.15, 0.2) is 18.2 Å². The highest BCUT2D eigenvalue weighted by Crippen LogP contribution is 2.46. The predicted octanol–water partition coefficient (Wildman–Crippen LogP) is 3.65. The molecule has 2 heteroatoms. The van der Waals surface area contributed by atoms with E-state index in [0.717, 1.165) is 24.2 Å². The van der Waals surface area contributed by atoms with Crippen molar-refractivity contribution in [2.45, 2.75) is 45.6 Å². The second-order valence-electron chi connectivity index (χ2n) is 5.92. The molecule has 3 unspecified atom stereocenters. The predicted molar refractivity (Wildman–Crippen MR) is 73.8 cm³/mol. The smallest absolute Gasteiger partial charge is 0.124 e. The third-order valence-corrected chi connectivity index (χ3v) is 4.39. The van der Waals surface area contributed by atoms with Crippen LogP contribution in [-0.2, 0) is 5.60 Å². The Hall–Kier alpha value is -1.02. The van der Waals surface area contributed by atoms with Gasteiger partial charge in [0, 0.05) is 5.56 Å². The molecular weight excluding hydrogens is 224 g/mol. The lowest BCUT2D eigenvalue weighted by Crippen LogP contribution is -2.39. The van der Waals surface area contributed by atoms with Gasteiger partial charge < -0.3 is 9.84 Å². The third-order valence-electron chi connectivity index (χ3n) is 4.39. The highest BCUT2D eigenvalue weighted by molar-refractivity contribution is 5.41. The van der Waals surface area contributed by atoms with E-state index in [2.05, 4.69) is 26.8 Å². The van der Waals surface area contributed by atoms with E-state index in [-0.39, 0.29) is 5.92 Å². The number of methoxy groups -OCH3 is 1. The van der Waals surface area contributed by atoms with E-state index < -0.39 is 5.60 Å².